The molecule has 0 aliphatic carbocycles. The normalized spacial score (nSPS) is 12.2. The molecule has 0 atom stereocenters. The first kappa shape index (κ1) is 55.2. The van der Waals surface area contributed by atoms with Gasteiger partial charge < -0.3 is 18.9 Å². The van der Waals surface area contributed by atoms with Gasteiger partial charge in [0.25, 0.3) is 0 Å². The van der Waals surface area contributed by atoms with Crippen LogP contribution in [0.4, 0.5) is 0 Å². The zero-order chi connectivity index (χ0) is 61.0. The van der Waals surface area contributed by atoms with E-state index in [2.05, 4.69) is 24.3 Å². The van der Waals surface area contributed by atoms with E-state index in [4.69, 9.17) is 42.1 Å². The van der Waals surface area contributed by atoms with Crippen LogP contribution in [0.3, 0.4) is 0 Å². The van der Waals surface area contributed by atoms with E-state index in [1.54, 1.807) is 158 Å². The van der Waals surface area contributed by atoms with E-state index in [1.807, 2.05) is 97.1 Å². The minimum Gasteiger partial charge on any atom is -0.457 e. The van der Waals surface area contributed by atoms with Gasteiger partial charge in [-0.2, -0.15) is 0 Å². The van der Waals surface area contributed by atoms with Gasteiger partial charge in [0.15, 0.2) is 23.1 Å². The fourth-order valence-corrected chi connectivity index (χ4v) is 12.3. The Bertz CT molecular complexity index is 4940. The van der Waals surface area contributed by atoms with E-state index < -0.39 is 0 Å². The monoisotopic (exact) mass is 1200 g/mol. The van der Waals surface area contributed by atoms with Gasteiger partial charge in [-0.25, -0.2) is 0 Å². The molecular formula is C80H46Cl2O8. The number of fused-ring (bicyclic) bond motifs is 4. The van der Waals surface area contributed by atoms with Gasteiger partial charge in [0.2, 0.25) is 0 Å². The second-order valence-corrected chi connectivity index (χ2v) is 22.8. The molecule has 0 radical (unpaired) electrons. The van der Waals surface area contributed by atoms with E-state index >= 15 is 0 Å². The second kappa shape index (κ2) is 23.0. The molecule has 10 heteroatoms. The number of rotatable bonds is 4. The van der Waals surface area contributed by atoms with Gasteiger partial charge in [-0.15, -0.1) is 0 Å². The van der Waals surface area contributed by atoms with E-state index in [0.717, 1.165) is 32.7 Å². The third-order valence-electron chi connectivity index (χ3n) is 16.3. The zero-order valence-electron chi connectivity index (χ0n) is 47.6. The number of ketones is 4. The van der Waals surface area contributed by atoms with Crippen LogP contribution in [0, 0.1) is 0 Å². The molecular weight excluding hydrogens is 1160 g/mol. The Morgan fingerprint density at radius 3 is 0.867 bits per heavy atom. The van der Waals surface area contributed by atoms with Crippen LogP contribution in [-0.2, 0) is 0 Å². The summed E-state index contributed by atoms with van der Waals surface area (Å²) in [5.41, 5.74) is 6.39. The highest BCUT2D eigenvalue weighted by molar-refractivity contribution is 6.31. The third-order valence-corrected chi connectivity index (χ3v) is 16.8. The summed E-state index contributed by atoms with van der Waals surface area (Å²) in [5.74, 6) is 3.08. The minimum absolute atomic E-state index is 0.206. The maximum absolute atomic E-state index is 14.4. The number of benzene rings is 14. The van der Waals surface area contributed by atoms with Crippen molar-refractivity contribution in [1.29, 1.82) is 0 Å². The van der Waals surface area contributed by atoms with Gasteiger partial charge in [-0.05, 0) is 201 Å². The van der Waals surface area contributed by atoms with Crippen molar-refractivity contribution in [1.82, 2.24) is 0 Å². The zero-order valence-corrected chi connectivity index (χ0v) is 49.1. The van der Waals surface area contributed by atoms with Crippen molar-refractivity contribution in [3.05, 3.63) is 334 Å². The lowest BCUT2D eigenvalue weighted by Crippen LogP contribution is -2.03. The number of hydrogen-bond acceptors (Lipinski definition) is 8. The summed E-state index contributed by atoms with van der Waals surface area (Å²) >= 11 is 12.7. The first-order chi connectivity index (χ1) is 44.0. The van der Waals surface area contributed by atoms with E-state index in [9.17, 15) is 19.2 Å². The second-order valence-electron chi connectivity index (χ2n) is 21.9. The van der Waals surface area contributed by atoms with Crippen molar-refractivity contribution in [2.45, 2.75) is 0 Å². The fourth-order valence-electron chi connectivity index (χ4n) is 11.9. The quantitative estimate of drug-likeness (QED) is 0.161. The van der Waals surface area contributed by atoms with Gasteiger partial charge in [-0.1, -0.05) is 145 Å². The number of halogens is 2. The lowest BCUT2D eigenvalue weighted by atomic mass is 9.89. The molecule has 14 aromatic carbocycles. The number of carbonyl (C=O) groups excluding carboxylic acids is 4. The van der Waals surface area contributed by atoms with Crippen LogP contribution in [0.5, 0.6) is 46.0 Å². The summed E-state index contributed by atoms with van der Waals surface area (Å²) in [7, 11) is 0. The minimum atomic E-state index is -0.209. The van der Waals surface area contributed by atoms with Gasteiger partial charge in [-0.3, -0.25) is 19.2 Å². The number of ether oxygens (including phenoxy) is 4. The summed E-state index contributed by atoms with van der Waals surface area (Å²) < 4.78 is 27.5. The van der Waals surface area contributed by atoms with Crippen molar-refractivity contribution in [2.24, 2.45) is 0 Å². The molecule has 0 fully saturated rings. The molecule has 90 heavy (non-hydrogen) atoms. The Kier molecular flexibility index (Phi) is 14.1. The molecule has 0 spiro atoms. The van der Waals surface area contributed by atoms with Crippen LogP contribution in [0.2, 0.25) is 10.0 Å². The first-order valence-electron chi connectivity index (χ1n) is 29.0. The van der Waals surface area contributed by atoms with Gasteiger partial charge >= 0.3 is 0 Å². The highest BCUT2D eigenvalue weighted by atomic mass is 35.5. The summed E-state index contributed by atoms with van der Waals surface area (Å²) in [6.07, 6.45) is 0. The Hall–Kier alpha value is -11.4. The van der Waals surface area contributed by atoms with Crippen molar-refractivity contribution in [3.8, 4) is 68.2 Å². The Morgan fingerprint density at radius 2 is 0.544 bits per heavy atom. The van der Waals surface area contributed by atoms with Crippen LogP contribution in [0.1, 0.15) is 63.7 Å². The molecule has 7 aliphatic heterocycles. The molecule has 0 unspecified atom stereocenters. The highest BCUT2D eigenvalue weighted by Gasteiger charge is 2.25. The number of carbonyl (C=O) groups is 4. The Labute approximate surface area is 526 Å². The summed E-state index contributed by atoms with van der Waals surface area (Å²) in [6.45, 7) is 0. The standard InChI is InChI=1S/C80H46Cl2O8/c81-59-11-5-9-55(45-59)79(85)57-23-37-67-53(43-57)27-41-71-75(67)76-68-38-24-58(80(86)56-10-6-12-60(82)46-56)44-54(68)28-42-72(76)90-64-35-21-52(22-36-64)78(84)50-17-31-62(32-18-50)88-70-40-26-48-8-2-4-14-66(48)74(70)73-65-13-3-1-7-47(65)25-39-69(73)87-61-29-15-49(16-30-61)77(83)51-19-33-63(89-71)34-20-51/h1-46H. The van der Waals surface area contributed by atoms with Crippen LogP contribution in [0.15, 0.2) is 279 Å². The van der Waals surface area contributed by atoms with Crippen LogP contribution >= 0.6 is 23.2 Å². The highest BCUT2D eigenvalue weighted by Crippen LogP contribution is 2.50. The molecule has 0 amide bonds. The van der Waals surface area contributed by atoms with E-state index in [-0.39, 0.29) is 23.1 Å². The van der Waals surface area contributed by atoms with E-state index in [0.29, 0.717) is 133 Å². The molecule has 8 nitrogen and oxygen atoms in total. The largest absolute Gasteiger partial charge is 0.457 e. The van der Waals surface area contributed by atoms with Gasteiger partial charge in [0.1, 0.15) is 46.0 Å². The molecule has 7 aliphatic rings. The maximum Gasteiger partial charge on any atom is 0.193 e. The van der Waals surface area contributed by atoms with Gasteiger partial charge in [0, 0.05) is 76.8 Å². The molecule has 428 valence electrons. The lowest BCUT2D eigenvalue weighted by Gasteiger charge is -2.20. The van der Waals surface area contributed by atoms with Crippen LogP contribution < -0.4 is 18.9 Å². The fraction of sp³-hybridized carbons (Fsp3) is 0. The maximum atomic E-state index is 14.4. The molecule has 0 aromatic heterocycles. The van der Waals surface area contributed by atoms with Crippen molar-refractivity contribution in [2.75, 3.05) is 0 Å². The van der Waals surface area contributed by atoms with Crippen LogP contribution in [0.25, 0.3) is 65.3 Å². The third kappa shape index (κ3) is 10.5. The topological polar surface area (TPSA) is 105 Å². The smallest absolute Gasteiger partial charge is 0.193 e. The average molecular weight is 1210 g/mol. The molecule has 21 rings (SSSR count). The molecule has 0 N–H and O–H groups in total. The van der Waals surface area contributed by atoms with Crippen molar-refractivity contribution in [3.63, 3.8) is 0 Å². The predicted molar refractivity (Wildman–Crippen MR) is 356 cm³/mol. The Balaban J connectivity index is 0.881. The summed E-state index contributed by atoms with van der Waals surface area (Å²) in [4.78, 5) is 56.9. The molecule has 0 saturated heterocycles. The molecule has 0 saturated carbocycles. The summed E-state index contributed by atoms with van der Waals surface area (Å²) in [6, 6.07) is 84.6. The summed E-state index contributed by atoms with van der Waals surface area (Å²) in [5, 5.41) is 7.65. The Morgan fingerprint density at radius 1 is 0.256 bits per heavy atom. The first-order valence-corrected chi connectivity index (χ1v) is 29.8. The molecule has 8 bridgehead atoms. The van der Waals surface area contributed by atoms with Crippen molar-refractivity contribution < 1.29 is 38.1 Å². The van der Waals surface area contributed by atoms with Gasteiger partial charge in [0.05, 0.1) is 0 Å². The average Bonchev–Trinajstić information content (AvgIpc) is 0.826. The predicted octanol–water partition coefficient (Wildman–Crippen LogP) is 21.3. The van der Waals surface area contributed by atoms with Crippen LogP contribution in [-0.4, -0.2) is 23.1 Å². The number of hydrogen-bond donors (Lipinski definition) is 0. The molecule has 14 aromatic rings. The lowest BCUT2D eigenvalue weighted by molar-refractivity contribution is 0.103. The SMILES string of the molecule is O=C1c2ccc(cc2)Oc2ccc3ccccc3c2-c2c(ccc3ccccc23)Oc2ccc(cc2)C(=O)c2ccc(cc2)Oc2ccc3cc(C(=O)c4cccc(Cl)c4)ccc3c2-c2c(ccc3cc(C(=O)c4cccc(Cl)c4)ccc23)Oc2ccc1cc2. The molecule has 7 heterocycles. The van der Waals surface area contributed by atoms with E-state index in [1.165, 1.54) is 0 Å². The van der Waals surface area contributed by atoms with Crippen molar-refractivity contribution >= 4 is 89.4 Å².